The molecule has 0 atom stereocenters. The molecule has 0 fully saturated rings. The SMILES string of the molecule is COCC(=O)NCc1ccc(F)c(C)c1. The van der Waals surface area contributed by atoms with Gasteiger partial charge in [-0.3, -0.25) is 4.79 Å². The van der Waals surface area contributed by atoms with E-state index in [0.29, 0.717) is 12.1 Å². The molecule has 0 saturated carbocycles. The largest absolute Gasteiger partial charge is 0.375 e. The van der Waals surface area contributed by atoms with E-state index in [1.807, 2.05) is 0 Å². The molecule has 4 heteroatoms. The molecular weight excluding hydrogens is 197 g/mol. The van der Waals surface area contributed by atoms with Crippen LogP contribution in [0.3, 0.4) is 0 Å². The molecule has 0 bridgehead atoms. The molecule has 0 aliphatic carbocycles. The molecule has 1 aromatic carbocycles. The van der Waals surface area contributed by atoms with Crippen LogP contribution in [0.1, 0.15) is 11.1 Å². The second-order valence-electron chi connectivity index (χ2n) is 3.29. The van der Waals surface area contributed by atoms with Gasteiger partial charge in [0.2, 0.25) is 5.91 Å². The highest BCUT2D eigenvalue weighted by atomic mass is 19.1. The van der Waals surface area contributed by atoms with Crippen molar-refractivity contribution in [1.82, 2.24) is 5.32 Å². The van der Waals surface area contributed by atoms with Gasteiger partial charge < -0.3 is 10.1 Å². The summed E-state index contributed by atoms with van der Waals surface area (Å²) in [5.74, 6) is -0.415. The molecule has 0 saturated heterocycles. The van der Waals surface area contributed by atoms with Crippen molar-refractivity contribution in [3.8, 4) is 0 Å². The van der Waals surface area contributed by atoms with E-state index in [1.54, 1.807) is 19.1 Å². The maximum absolute atomic E-state index is 12.9. The molecule has 1 amide bonds. The lowest BCUT2D eigenvalue weighted by Gasteiger charge is -2.05. The van der Waals surface area contributed by atoms with Gasteiger partial charge in [-0.25, -0.2) is 4.39 Å². The van der Waals surface area contributed by atoms with Crippen molar-refractivity contribution in [2.45, 2.75) is 13.5 Å². The Hall–Kier alpha value is -1.42. The van der Waals surface area contributed by atoms with Crippen LogP contribution in [0.4, 0.5) is 4.39 Å². The second kappa shape index (κ2) is 5.46. The van der Waals surface area contributed by atoms with E-state index in [-0.39, 0.29) is 18.3 Å². The normalized spacial score (nSPS) is 10.1. The third kappa shape index (κ3) is 3.67. The summed E-state index contributed by atoms with van der Waals surface area (Å²) in [6.45, 7) is 2.12. The number of ether oxygens (including phenoxy) is 1. The molecule has 3 nitrogen and oxygen atoms in total. The number of carbonyl (C=O) groups excluding carboxylic acids is 1. The minimum absolute atomic E-state index is 0.0418. The maximum Gasteiger partial charge on any atom is 0.246 e. The molecule has 0 aromatic heterocycles. The highest BCUT2D eigenvalue weighted by molar-refractivity contribution is 5.77. The number of halogens is 1. The first-order valence-electron chi connectivity index (χ1n) is 4.64. The van der Waals surface area contributed by atoms with Gasteiger partial charge in [0.1, 0.15) is 12.4 Å². The fourth-order valence-electron chi connectivity index (χ4n) is 1.20. The standard InChI is InChI=1S/C11H14FNO2/c1-8-5-9(3-4-10(8)12)6-13-11(14)7-15-2/h3-5H,6-7H2,1-2H3,(H,13,14). The van der Waals surface area contributed by atoms with Crippen LogP contribution in [0.2, 0.25) is 0 Å². The highest BCUT2D eigenvalue weighted by Gasteiger charge is 2.02. The number of amides is 1. The third-order valence-electron chi connectivity index (χ3n) is 1.99. The molecule has 1 rings (SSSR count). The van der Waals surface area contributed by atoms with E-state index in [0.717, 1.165) is 5.56 Å². The van der Waals surface area contributed by atoms with Crippen LogP contribution in [-0.4, -0.2) is 19.6 Å². The summed E-state index contributed by atoms with van der Waals surface area (Å²) in [6.07, 6.45) is 0. The number of benzene rings is 1. The van der Waals surface area contributed by atoms with E-state index in [1.165, 1.54) is 13.2 Å². The molecular formula is C11H14FNO2. The van der Waals surface area contributed by atoms with Crippen LogP contribution < -0.4 is 5.32 Å². The predicted octanol–water partition coefficient (Wildman–Crippen LogP) is 1.40. The second-order valence-corrected chi connectivity index (χ2v) is 3.29. The molecule has 0 aliphatic heterocycles. The Morgan fingerprint density at radius 2 is 2.27 bits per heavy atom. The fraction of sp³-hybridized carbons (Fsp3) is 0.364. The molecule has 0 heterocycles. The highest BCUT2D eigenvalue weighted by Crippen LogP contribution is 2.08. The van der Waals surface area contributed by atoms with Crippen LogP contribution in [-0.2, 0) is 16.1 Å². The van der Waals surface area contributed by atoms with Crippen molar-refractivity contribution in [3.63, 3.8) is 0 Å². The average Bonchev–Trinajstić information content (AvgIpc) is 2.20. The summed E-state index contributed by atoms with van der Waals surface area (Å²) in [7, 11) is 1.46. The van der Waals surface area contributed by atoms with Crippen LogP contribution >= 0.6 is 0 Å². The summed E-state index contributed by atoms with van der Waals surface area (Å²) in [4.78, 5) is 11.1. The van der Waals surface area contributed by atoms with Crippen LogP contribution in [0.15, 0.2) is 18.2 Å². The first-order chi connectivity index (χ1) is 7.13. The van der Waals surface area contributed by atoms with Gasteiger partial charge in [-0.05, 0) is 24.1 Å². The van der Waals surface area contributed by atoms with Gasteiger partial charge in [-0.2, -0.15) is 0 Å². The number of hydrogen-bond donors (Lipinski definition) is 1. The zero-order chi connectivity index (χ0) is 11.3. The molecule has 82 valence electrons. The van der Waals surface area contributed by atoms with Crippen LogP contribution in [0.25, 0.3) is 0 Å². The number of aryl methyl sites for hydroxylation is 1. The summed E-state index contributed by atoms with van der Waals surface area (Å²) in [5.41, 5.74) is 1.45. The lowest BCUT2D eigenvalue weighted by molar-refractivity contribution is -0.124. The molecule has 0 aliphatic rings. The number of nitrogens with one attached hydrogen (secondary N) is 1. The van der Waals surface area contributed by atoms with E-state index in [9.17, 15) is 9.18 Å². The predicted molar refractivity (Wildman–Crippen MR) is 54.9 cm³/mol. The fourth-order valence-corrected chi connectivity index (χ4v) is 1.20. The smallest absolute Gasteiger partial charge is 0.246 e. The van der Waals surface area contributed by atoms with Crippen molar-refractivity contribution in [1.29, 1.82) is 0 Å². The maximum atomic E-state index is 12.9. The molecule has 0 radical (unpaired) electrons. The Bertz CT molecular complexity index is 352. The molecule has 0 spiro atoms. The Morgan fingerprint density at radius 3 is 2.87 bits per heavy atom. The summed E-state index contributed by atoms with van der Waals surface area (Å²) >= 11 is 0. The van der Waals surface area contributed by atoms with E-state index in [2.05, 4.69) is 10.1 Å². The molecule has 15 heavy (non-hydrogen) atoms. The first-order valence-corrected chi connectivity index (χ1v) is 4.64. The number of hydrogen-bond acceptors (Lipinski definition) is 2. The molecule has 1 aromatic rings. The van der Waals surface area contributed by atoms with E-state index < -0.39 is 0 Å². The van der Waals surface area contributed by atoms with Crippen LogP contribution in [0, 0.1) is 12.7 Å². The lowest BCUT2D eigenvalue weighted by Crippen LogP contribution is -2.26. The number of rotatable bonds is 4. The zero-order valence-electron chi connectivity index (χ0n) is 8.84. The van der Waals surface area contributed by atoms with Gasteiger partial charge in [0.25, 0.3) is 0 Å². The molecule has 0 unspecified atom stereocenters. The average molecular weight is 211 g/mol. The summed E-state index contributed by atoms with van der Waals surface area (Å²) < 4.78 is 17.6. The topological polar surface area (TPSA) is 38.3 Å². The first kappa shape index (κ1) is 11.7. The van der Waals surface area contributed by atoms with Crippen molar-refractivity contribution < 1.29 is 13.9 Å². The van der Waals surface area contributed by atoms with Crippen LogP contribution in [0.5, 0.6) is 0 Å². The zero-order valence-corrected chi connectivity index (χ0v) is 8.84. The Labute approximate surface area is 88.2 Å². The van der Waals surface area contributed by atoms with Crippen molar-refractivity contribution in [2.24, 2.45) is 0 Å². The minimum atomic E-state index is -0.234. The van der Waals surface area contributed by atoms with Crippen molar-refractivity contribution in [3.05, 3.63) is 35.1 Å². The summed E-state index contributed by atoms with van der Waals surface area (Å²) in [5, 5.41) is 2.66. The van der Waals surface area contributed by atoms with Gasteiger partial charge in [-0.1, -0.05) is 12.1 Å². The van der Waals surface area contributed by atoms with Crippen molar-refractivity contribution in [2.75, 3.05) is 13.7 Å². The van der Waals surface area contributed by atoms with Gasteiger partial charge in [-0.15, -0.1) is 0 Å². The Balaban J connectivity index is 2.51. The minimum Gasteiger partial charge on any atom is -0.375 e. The third-order valence-corrected chi connectivity index (χ3v) is 1.99. The van der Waals surface area contributed by atoms with Crippen molar-refractivity contribution >= 4 is 5.91 Å². The Morgan fingerprint density at radius 1 is 1.53 bits per heavy atom. The van der Waals surface area contributed by atoms with E-state index in [4.69, 9.17) is 0 Å². The monoisotopic (exact) mass is 211 g/mol. The Kier molecular flexibility index (Phi) is 4.24. The van der Waals surface area contributed by atoms with Gasteiger partial charge in [0.15, 0.2) is 0 Å². The number of methoxy groups -OCH3 is 1. The van der Waals surface area contributed by atoms with Gasteiger partial charge in [0.05, 0.1) is 0 Å². The quantitative estimate of drug-likeness (QED) is 0.817. The van der Waals surface area contributed by atoms with Gasteiger partial charge in [0, 0.05) is 13.7 Å². The molecule has 1 N–H and O–H groups in total. The number of carbonyl (C=O) groups is 1. The van der Waals surface area contributed by atoms with E-state index >= 15 is 0 Å². The van der Waals surface area contributed by atoms with Gasteiger partial charge >= 0.3 is 0 Å². The lowest BCUT2D eigenvalue weighted by atomic mass is 10.1. The summed E-state index contributed by atoms with van der Waals surface area (Å²) in [6, 6.07) is 4.75.